The molecule has 1 aliphatic heterocycles. The van der Waals surface area contributed by atoms with Crippen LogP contribution in [-0.4, -0.2) is 41.2 Å². The normalized spacial score (nSPS) is 13.6. The van der Waals surface area contributed by atoms with Gasteiger partial charge in [0.05, 0.1) is 23.4 Å². The zero-order valence-electron chi connectivity index (χ0n) is 18.5. The summed E-state index contributed by atoms with van der Waals surface area (Å²) in [5.41, 5.74) is 2.88. The Hall–Kier alpha value is -2.55. The average molecular weight is 511 g/mol. The average Bonchev–Trinajstić information content (AvgIpc) is 3.25. The number of halogens is 2. The third-order valence-corrected chi connectivity index (χ3v) is 6.54. The Morgan fingerprint density at radius 1 is 1.24 bits per heavy atom. The van der Waals surface area contributed by atoms with Gasteiger partial charge in [-0.05, 0) is 55.5 Å². The molecule has 2 aromatic heterocycles. The molecule has 3 heterocycles. The quantitative estimate of drug-likeness (QED) is 0.415. The highest BCUT2D eigenvalue weighted by Crippen LogP contribution is 2.34. The van der Waals surface area contributed by atoms with Crippen molar-refractivity contribution in [3.05, 3.63) is 48.2 Å². The first-order valence-electron chi connectivity index (χ1n) is 10.3. The highest BCUT2D eigenvalue weighted by molar-refractivity contribution is 7.18. The zero-order valence-corrected chi connectivity index (χ0v) is 20.9. The molecule has 2 N–H and O–H groups in total. The van der Waals surface area contributed by atoms with Crippen LogP contribution in [0.4, 0.5) is 16.6 Å². The largest absolute Gasteiger partial charge is 0.495 e. The van der Waals surface area contributed by atoms with E-state index in [1.165, 1.54) is 0 Å². The molecule has 33 heavy (non-hydrogen) atoms. The molecule has 1 aliphatic rings. The van der Waals surface area contributed by atoms with Crippen molar-refractivity contribution >= 4 is 58.8 Å². The Morgan fingerprint density at radius 3 is 2.70 bits per heavy atom. The van der Waals surface area contributed by atoms with Gasteiger partial charge in [0.1, 0.15) is 11.6 Å². The Kier molecular flexibility index (Phi) is 9.76. The van der Waals surface area contributed by atoms with Crippen LogP contribution in [-0.2, 0) is 4.79 Å². The SMILES string of the molecule is COc1ccc(C)cc1Nc1cccc(-c2cnc(N3CCC(CC(=O)O)CC3)s2)n1.Cl.Cl. The van der Waals surface area contributed by atoms with Crippen molar-refractivity contribution in [1.82, 2.24) is 9.97 Å². The molecule has 4 rings (SSSR count). The van der Waals surface area contributed by atoms with E-state index in [1.54, 1.807) is 18.4 Å². The molecule has 0 unspecified atom stereocenters. The Morgan fingerprint density at radius 2 is 2.00 bits per heavy atom. The molecule has 10 heteroatoms. The number of carboxylic acid groups (broad SMARTS) is 1. The first-order chi connectivity index (χ1) is 15.0. The lowest BCUT2D eigenvalue weighted by Gasteiger charge is -2.30. The summed E-state index contributed by atoms with van der Waals surface area (Å²) in [7, 11) is 1.66. The number of carbonyl (C=O) groups is 1. The van der Waals surface area contributed by atoms with Gasteiger partial charge in [-0.25, -0.2) is 9.97 Å². The number of ether oxygens (including phenoxy) is 1. The number of aromatic nitrogens is 2. The molecule has 1 aromatic carbocycles. The van der Waals surface area contributed by atoms with E-state index >= 15 is 0 Å². The van der Waals surface area contributed by atoms with Gasteiger partial charge in [-0.15, -0.1) is 24.8 Å². The Labute approximate surface area is 210 Å². The smallest absolute Gasteiger partial charge is 0.303 e. The molecule has 0 saturated carbocycles. The fraction of sp³-hybridized carbons (Fsp3) is 0.348. The number of rotatable bonds is 7. The van der Waals surface area contributed by atoms with Gasteiger partial charge in [0.25, 0.3) is 0 Å². The number of carboxylic acids is 1. The first kappa shape index (κ1) is 26.7. The van der Waals surface area contributed by atoms with Crippen LogP contribution < -0.4 is 15.0 Å². The van der Waals surface area contributed by atoms with E-state index in [0.717, 1.165) is 64.5 Å². The van der Waals surface area contributed by atoms with Gasteiger partial charge in [-0.1, -0.05) is 23.5 Å². The number of hydrogen-bond acceptors (Lipinski definition) is 7. The van der Waals surface area contributed by atoms with E-state index < -0.39 is 5.97 Å². The molecule has 3 aromatic rings. The summed E-state index contributed by atoms with van der Waals surface area (Å²) in [5, 5.41) is 13.3. The summed E-state index contributed by atoms with van der Waals surface area (Å²) in [6.07, 6.45) is 3.89. The molecular formula is C23H28Cl2N4O3S. The number of nitrogens with zero attached hydrogens (tertiary/aromatic N) is 3. The summed E-state index contributed by atoms with van der Waals surface area (Å²) in [6, 6.07) is 11.9. The molecule has 0 atom stereocenters. The predicted molar refractivity (Wildman–Crippen MR) is 138 cm³/mol. The summed E-state index contributed by atoms with van der Waals surface area (Å²) < 4.78 is 5.45. The number of piperidine rings is 1. The number of nitrogens with one attached hydrogen (secondary N) is 1. The van der Waals surface area contributed by atoms with Crippen molar-refractivity contribution in [1.29, 1.82) is 0 Å². The maximum Gasteiger partial charge on any atom is 0.303 e. The van der Waals surface area contributed by atoms with E-state index in [0.29, 0.717) is 0 Å². The van der Waals surface area contributed by atoms with E-state index in [-0.39, 0.29) is 37.2 Å². The lowest BCUT2D eigenvalue weighted by atomic mass is 9.94. The van der Waals surface area contributed by atoms with Gasteiger partial charge >= 0.3 is 5.97 Å². The maximum absolute atomic E-state index is 10.9. The van der Waals surface area contributed by atoms with Gasteiger partial charge in [0.2, 0.25) is 0 Å². The van der Waals surface area contributed by atoms with E-state index in [1.807, 2.05) is 49.5 Å². The zero-order chi connectivity index (χ0) is 21.8. The summed E-state index contributed by atoms with van der Waals surface area (Å²) in [5.74, 6) is 1.06. The molecule has 7 nitrogen and oxygen atoms in total. The topological polar surface area (TPSA) is 87.6 Å². The van der Waals surface area contributed by atoms with Crippen LogP contribution in [0.25, 0.3) is 10.6 Å². The van der Waals surface area contributed by atoms with Crippen LogP contribution in [0, 0.1) is 12.8 Å². The van der Waals surface area contributed by atoms with Crippen molar-refractivity contribution in [2.75, 3.05) is 30.4 Å². The maximum atomic E-state index is 10.9. The third kappa shape index (κ3) is 6.72. The van der Waals surface area contributed by atoms with Crippen molar-refractivity contribution in [3.63, 3.8) is 0 Å². The second kappa shape index (κ2) is 12.1. The molecule has 0 radical (unpaired) electrons. The molecule has 1 saturated heterocycles. The van der Waals surface area contributed by atoms with Crippen LogP contribution >= 0.6 is 36.2 Å². The minimum Gasteiger partial charge on any atom is -0.495 e. The molecule has 0 spiro atoms. The van der Waals surface area contributed by atoms with E-state index in [2.05, 4.69) is 15.2 Å². The fourth-order valence-electron chi connectivity index (χ4n) is 3.80. The van der Waals surface area contributed by atoms with Gasteiger partial charge in [0, 0.05) is 25.7 Å². The predicted octanol–water partition coefficient (Wildman–Crippen LogP) is 5.80. The Bertz CT molecular complexity index is 1070. The fourth-order valence-corrected chi connectivity index (χ4v) is 4.74. The molecular weight excluding hydrogens is 483 g/mol. The summed E-state index contributed by atoms with van der Waals surface area (Å²) in [6.45, 7) is 3.72. The van der Waals surface area contributed by atoms with Crippen molar-refractivity contribution in [3.8, 4) is 16.3 Å². The monoisotopic (exact) mass is 510 g/mol. The number of methoxy groups -OCH3 is 1. The van der Waals surface area contributed by atoms with Gasteiger partial charge in [-0.3, -0.25) is 4.79 Å². The Balaban J connectivity index is 0.00000193. The molecule has 0 aliphatic carbocycles. The highest BCUT2D eigenvalue weighted by atomic mass is 35.5. The number of hydrogen-bond donors (Lipinski definition) is 2. The van der Waals surface area contributed by atoms with Crippen LogP contribution in [0.15, 0.2) is 42.6 Å². The van der Waals surface area contributed by atoms with E-state index in [4.69, 9.17) is 14.8 Å². The lowest BCUT2D eigenvalue weighted by Crippen LogP contribution is -2.34. The second-order valence-electron chi connectivity index (χ2n) is 7.77. The summed E-state index contributed by atoms with van der Waals surface area (Å²) >= 11 is 1.62. The van der Waals surface area contributed by atoms with Crippen LogP contribution in [0.5, 0.6) is 5.75 Å². The number of aliphatic carboxylic acids is 1. The van der Waals surface area contributed by atoms with Gasteiger partial charge in [-0.2, -0.15) is 0 Å². The molecule has 1 fully saturated rings. The number of pyridine rings is 1. The van der Waals surface area contributed by atoms with E-state index in [9.17, 15) is 4.79 Å². The molecule has 0 amide bonds. The van der Waals surface area contributed by atoms with Gasteiger partial charge in [0.15, 0.2) is 5.13 Å². The standard InChI is InChI=1S/C23H26N4O3S.2ClH/c1-15-6-7-19(30-2)18(12-15)26-21-5-3-4-17(25-21)20-14-24-23(31-20)27-10-8-16(9-11-27)13-22(28)29;;/h3-7,12,14,16H,8-11,13H2,1-2H3,(H,25,26)(H,28,29);2*1H. The minimum absolute atomic E-state index is 0. The number of thiazole rings is 1. The third-order valence-electron chi connectivity index (χ3n) is 5.46. The molecule has 0 bridgehead atoms. The van der Waals surface area contributed by atoms with Gasteiger partial charge < -0.3 is 20.1 Å². The number of benzene rings is 1. The first-order valence-corrected chi connectivity index (χ1v) is 11.1. The summed E-state index contributed by atoms with van der Waals surface area (Å²) in [4.78, 5) is 23.5. The lowest BCUT2D eigenvalue weighted by molar-refractivity contribution is -0.138. The molecule has 178 valence electrons. The number of anilines is 3. The number of aryl methyl sites for hydroxylation is 1. The second-order valence-corrected chi connectivity index (χ2v) is 8.78. The minimum atomic E-state index is -0.710. The van der Waals surface area contributed by atoms with Crippen molar-refractivity contribution in [2.24, 2.45) is 5.92 Å². The highest BCUT2D eigenvalue weighted by Gasteiger charge is 2.23. The van der Waals surface area contributed by atoms with Crippen LogP contribution in [0.2, 0.25) is 0 Å². The van der Waals surface area contributed by atoms with Crippen molar-refractivity contribution < 1.29 is 14.6 Å². The van der Waals surface area contributed by atoms with Crippen LogP contribution in [0.1, 0.15) is 24.8 Å². The van der Waals surface area contributed by atoms with Crippen LogP contribution in [0.3, 0.4) is 0 Å². The van der Waals surface area contributed by atoms with Crippen molar-refractivity contribution in [2.45, 2.75) is 26.2 Å².